The number of carboxylic acid groups (broad SMARTS) is 1. The highest BCUT2D eigenvalue weighted by Gasteiger charge is 2.17. The summed E-state index contributed by atoms with van der Waals surface area (Å²) in [5.74, 6) is -1.37. The van der Waals surface area contributed by atoms with E-state index in [-0.39, 0.29) is 5.91 Å². The fraction of sp³-hybridized carbons (Fsp3) is 0.400. The van der Waals surface area contributed by atoms with Gasteiger partial charge in [-0.3, -0.25) is 9.59 Å². The minimum Gasteiger partial charge on any atom is -0.481 e. The number of aromatic nitrogens is 1. The Morgan fingerprint density at radius 1 is 1.12 bits per heavy atom. The maximum atomic E-state index is 12.6. The number of carboxylic acids is 1. The molecular formula is C20H26N2O3. The minimum atomic E-state index is -0.808. The lowest BCUT2D eigenvalue weighted by Gasteiger charge is -2.13. The van der Waals surface area contributed by atoms with Crippen molar-refractivity contribution in [1.29, 1.82) is 0 Å². The molecule has 1 atom stereocenters. The van der Waals surface area contributed by atoms with Gasteiger partial charge in [0.1, 0.15) is 0 Å². The van der Waals surface area contributed by atoms with E-state index in [2.05, 4.69) is 23.7 Å². The van der Waals surface area contributed by atoms with E-state index in [0.717, 1.165) is 17.0 Å². The lowest BCUT2D eigenvalue weighted by molar-refractivity contribution is -0.141. The van der Waals surface area contributed by atoms with Crippen LogP contribution < -0.4 is 5.32 Å². The summed E-state index contributed by atoms with van der Waals surface area (Å²) >= 11 is 0. The molecule has 0 aliphatic carbocycles. The molecule has 0 bridgehead atoms. The van der Waals surface area contributed by atoms with Crippen molar-refractivity contribution < 1.29 is 14.7 Å². The minimum absolute atomic E-state index is 0.133. The molecule has 5 nitrogen and oxygen atoms in total. The first kappa shape index (κ1) is 18.8. The molecule has 0 saturated carbocycles. The predicted molar refractivity (Wildman–Crippen MR) is 99.2 cm³/mol. The van der Waals surface area contributed by atoms with Gasteiger partial charge in [-0.25, -0.2) is 0 Å². The summed E-state index contributed by atoms with van der Waals surface area (Å²) < 4.78 is 2.14. The van der Waals surface area contributed by atoms with Crippen LogP contribution in [0.3, 0.4) is 0 Å². The van der Waals surface area contributed by atoms with Crippen molar-refractivity contribution in [2.75, 3.05) is 5.32 Å². The first-order valence-corrected chi connectivity index (χ1v) is 8.52. The quantitative estimate of drug-likeness (QED) is 0.826. The van der Waals surface area contributed by atoms with Crippen molar-refractivity contribution in [2.24, 2.45) is 5.92 Å². The van der Waals surface area contributed by atoms with Gasteiger partial charge in [-0.2, -0.15) is 0 Å². The van der Waals surface area contributed by atoms with E-state index in [4.69, 9.17) is 5.11 Å². The van der Waals surface area contributed by atoms with E-state index in [9.17, 15) is 9.59 Å². The average Bonchev–Trinajstić information content (AvgIpc) is 2.84. The molecule has 1 aromatic carbocycles. The van der Waals surface area contributed by atoms with Crippen LogP contribution in [-0.2, 0) is 11.2 Å². The highest BCUT2D eigenvalue weighted by atomic mass is 16.4. The Morgan fingerprint density at radius 3 is 2.20 bits per heavy atom. The summed E-state index contributed by atoms with van der Waals surface area (Å²) in [6.07, 6.45) is 0.471. The van der Waals surface area contributed by atoms with Crippen LogP contribution in [0.4, 0.5) is 5.69 Å². The summed E-state index contributed by atoms with van der Waals surface area (Å²) in [6.45, 7) is 9.83. The standard InChI is InChI=1S/C20H26N2O3/c1-12(2)22-14(4)11-18(15(22)5)19(23)21-17-8-6-16(7-9-17)10-13(3)20(24)25/h6-9,11-13H,10H2,1-5H3,(H,21,23)(H,24,25). The number of anilines is 1. The number of amides is 1. The van der Waals surface area contributed by atoms with Crippen LogP contribution in [0.5, 0.6) is 0 Å². The summed E-state index contributed by atoms with van der Waals surface area (Å²) in [4.78, 5) is 23.5. The van der Waals surface area contributed by atoms with Gasteiger partial charge in [-0.1, -0.05) is 19.1 Å². The fourth-order valence-corrected chi connectivity index (χ4v) is 3.17. The normalized spacial score (nSPS) is 12.2. The largest absolute Gasteiger partial charge is 0.481 e. The topological polar surface area (TPSA) is 71.3 Å². The number of hydrogen-bond acceptors (Lipinski definition) is 2. The Labute approximate surface area is 148 Å². The van der Waals surface area contributed by atoms with Gasteiger partial charge < -0.3 is 15.0 Å². The smallest absolute Gasteiger partial charge is 0.306 e. The molecule has 1 unspecified atom stereocenters. The zero-order valence-corrected chi connectivity index (χ0v) is 15.5. The van der Waals surface area contributed by atoms with Crippen LogP contribution in [0.15, 0.2) is 30.3 Å². The number of nitrogens with zero attached hydrogens (tertiary/aromatic N) is 1. The number of nitrogens with one attached hydrogen (secondary N) is 1. The Kier molecular flexibility index (Phi) is 5.67. The molecule has 0 radical (unpaired) electrons. The van der Waals surface area contributed by atoms with E-state index in [0.29, 0.717) is 23.7 Å². The molecule has 0 spiro atoms. The third-order valence-electron chi connectivity index (χ3n) is 4.42. The Bertz CT molecular complexity index is 773. The molecule has 0 aliphatic rings. The summed E-state index contributed by atoms with van der Waals surface area (Å²) in [6, 6.07) is 9.54. The lowest BCUT2D eigenvalue weighted by atomic mass is 10.0. The Balaban J connectivity index is 2.11. The number of hydrogen-bond donors (Lipinski definition) is 2. The summed E-state index contributed by atoms with van der Waals surface area (Å²) in [5, 5.41) is 11.9. The molecule has 2 N–H and O–H groups in total. The van der Waals surface area contributed by atoms with E-state index in [1.165, 1.54) is 0 Å². The number of aryl methyl sites for hydroxylation is 1. The maximum Gasteiger partial charge on any atom is 0.306 e. The highest BCUT2D eigenvalue weighted by Crippen LogP contribution is 2.21. The molecule has 0 aliphatic heterocycles. The van der Waals surface area contributed by atoms with Gasteiger partial charge in [0.25, 0.3) is 5.91 Å². The molecule has 1 aromatic heterocycles. The summed E-state index contributed by atoms with van der Waals surface area (Å²) in [7, 11) is 0. The van der Waals surface area contributed by atoms with Crippen LogP contribution in [0, 0.1) is 19.8 Å². The van der Waals surface area contributed by atoms with E-state index < -0.39 is 11.9 Å². The number of rotatable bonds is 6. The van der Waals surface area contributed by atoms with Crippen molar-refractivity contribution in [1.82, 2.24) is 4.57 Å². The van der Waals surface area contributed by atoms with Crippen LogP contribution >= 0.6 is 0 Å². The molecule has 0 saturated heterocycles. The highest BCUT2D eigenvalue weighted by molar-refractivity contribution is 6.05. The SMILES string of the molecule is Cc1cc(C(=O)Nc2ccc(CC(C)C(=O)O)cc2)c(C)n1C(C)C. The van der Waals surface area contributed by atoms with Gasteiger partial charge in [0.05, 0.1) is 11.5 Å². The van der Waals surface area contributed by atoms with Crippen molar-refractivity contribution in [3.63, 3.8) is 0 Å². The monoisotopic (exact) mass is 342 g/mol. The second-order valence-corrected chi connectivity index (χ2v) is 6.84. The molecular weight excluding hydrogens is 316 g/mol. The van der Waals surface area contributed by atoms with Gasteiger partial charge in [0.2, 0.25) is 0 Å². The van der Waals surface area contributed by atoms with Crippen molar-refractivity contribution >= 4 is 17.6 Å². The van der Waals surface area contributed by atoms with Crippen molar-refractivity contribution in [2.45, 2.75) is 47.1 Å². The third kappa shape index (κ3) is 4.29. The first-order chi connectivity index (χ1) is 11.7. The molecule has 2 rings (SSSR count). The summed E-state index contributed by atoms with van der Waals surface area (Å²) in [5.41, 5.74) is 4.33. The number of carbonyl (C=O) groups excluding carboxylic acids is 1. The fourth-order valence-electron chi connectivity index (χ4n) is 3.17. The van der Waals surface area contributed by atoms with Gasteiger partial charge in [0.15, 0.2) is 0 Å². The van der Waals surface area contributed by atoms with Gasteiger partial charge in [0, 0.05) is 23.1 Å². The van der Waals surface area contributed by atoms with E-state index >= 15 is 0 Å². The Morgan fingerprint density at radius 2 is 1.72 bits per heavy atom. The molecule has 1 amide bonds. The second-order valence-electron chi connectivity index (χ2n) is 6.84. The average molecular weight is 342 g/mol. The second kappa shape index (κ2) is 7.55. The maximum absolute atomic E-state index is 12.6. The zero-order valence-electron chi connectivity index (χ0n) is 15.5. The predicted octanol–water partition coefficient (Wildman–Crippen LogP) is 4.20. The van der Waals surface area contributed by atoms with Crippen LogP contribution in [0.1, 0.15) is 54.1 Å². The number of aliphatic carboxylic acids is 1. The Hall–Kier alpha value is -2.56. The zero-order chi connectivity index (χ0) is 18.7. The molecule has 2 aromatic rings. The molecule has 0 fully saturated rings. The molecule has 25 heavy (non-hydrogen) atoms. The molecule has 134 valence electrons. The van der Waals surface area contributed by atoms with E-state index in [1.54, 1.807) is 6.92 Å². The molecule has 1 heterocycles. The molecule has 5 heteroatoms. The van der Waals surface area contributed by atoms with Crippen molar-refractivity contribution in [3.05, 3.63) is 52.8 Å². The van der Waals surface area contributed by atoms with Crippen LogP contribution in [-0.4, -0.2) is 21.6 Å². The number of carbonyl (C=O) groups is 2. The van der Waals surface area contributed by atoms with Crippen LogP contribution in [0.25, 0.3) is 0 Å². The first-order valence-electron chi connectivity index (χ1n) is 8.52. The van der Waals surface area contributed by atoms with Gasteiger partial charge in [-0.15, -0.1) is 0 Å². The lowest BCUT2D eigenvalue weighted by Crippen LogP contribution is -2.14. The van der Waals surface area contributed by atoms with Crippen molar-refractivity contribution in [3.8, 4) is 0 Å². The van der Waals surface area contributed by atoms with E-state index in [1.807, 2.05) is 44.2 Å². The third-order valence-corrected chi connectivity index (χ3v) is 4.42. The van der Waals surface area contributed by atoms with Gasteiger partial charge >= 0.3 is 5.97 Å². The number of benzene rings is 1. The van der Waals surface area contributed by atoms with Crippen LogP contribution in [0.2, 0.25) is 0 Å². The van der Waals surface area contributed by atoms with Gasteiger partial charge in [-0.05, 0) is 57.9 Å².